The van der Waals surface area contributed by atoms with Crippen LogP contribution in [0.5, 0.6) is 0 Å². The molecule has 63 valence electrons. The van der Waals surface area contributed by atoms with Gasteiger partial charge in [0.1, 0.15) is 0 Å². The predicted octanol–water partition coefficient (Wildman–Crippen LogP) is 2.15. The quantitative estimate of drug-likeness (QED) is 0.354. The van der Waals surface area contributed by atoms with Crippen molar-refractivity contribution in [3.63, 3.8) is 0 Å². The molecule has 0 rings (SSSR count). The number of rotatable bonds is 1. The second-order valence-electron chi connectivity index (χ2n) is 4.39. The summed E-state index contributed by atoms with van der Waals surface area (Å²) in [5, 5.41) is 0. The van der Waals surface area contributed by atoms with Crippen molar-refractivity contribution in [2.75, 3.05) is 0 Å². The van der Waals surface area contributed by atoms with Crippen molar-refractivity contribution in [1.29, 1.82) is 0 Å². The average molecular weight is 185 g/mol. The fourth-order valence-electron chi connectivity index (χ4n) is 0.250. The second kappa shape index (κ2) is 5.32. The third kappa shape index (κ3) is 14.4. The van der Waals surface area contributed by atoms with E-state index in [1.54, 1.807) is 0 Å². The van der Waals surface area contributed by atoms with Crippen LogP contribution in [0.3, 0.4) is 0 Å². The molecule has 0 aliphatic heterocycles. The molecular formula is C8H18KO2. The third-order valence-corrected chi connectivity index (χ3v) is 0.542. The first-order valence-corrected chi connectivity index (χ1v) is 3.57. The predicted molar refractivity (Wildman–Crippen MR) is 47.4 cm³/mol. The van der Waals surface area contributed by atoms with Crippen molar-refractivity contribution in [2.45, 2.75) is 52.7 Å². The van der Waals surface area contributed by atoms with Gasteiger partial charge in [-0.1, -0.05) is 0 Å². The van der Waals surface area contributed by atoms with Gasteiger partial charge in [0.25, 0.3) is 0 Å². The van der Waals surface area contributed by atoms with Crippen molar-refractivity contribution in [2.24, 2.45) is 0 Å². The Kier molecular flexibility index (Phi) is 7.28. The summed E-state index contributed by atoms with van der Waals surface area (Å²) in [4.78, 5) is 10.2. The van der Waals surface area contributed by atoms with E-state index >= 15 is 0 Å². The first-order valence-electron chi connectivity index (χ1n) is 3.57. The van der Waals surface area contributed by atoms with Crippen LogP contribution < -0.4 is 0 Å². The Morgan fingerprint density at radius 3 is 0.909 bits per heavy atom. The van der Waals surface area contributed by atoms with Crippen molar-refractivity contribution in [3.05, 3.63) is 0 Å². The molecule has 0 heterocycles. The standard InChI is InChI=1S/C8H18O2.K/c1-7(2,3)9-10-8(4,5)6;/h1-6H3;. The van der Waals surface area contributed by atoms with E-state index in [1.165, 1.54) is 0 Å². The zero-order valence-corrected chi connectivity index (χ0v) is 11.9. The van der Waals surface area contributed by atoms with E-state index in [2.05, 4.69) is 0 Å². The van der Waals surface area contributed by atoms with Gasteiger partial charge in [0.05, 0.1) is 11.2 Å². The summed E-state index contributed by atoms with van der Waals surface area (Å²) in [7, 11) is 0. The van der Waals surface area contributed by atoms with Crippen LogP contribution in [-0.2, 0) is 9.78 Å². The molecule has 1 radical (unpaired) electrons. The second-order valence-corrected chi connectivity index (χ2v) is 4.39. The summed E-state index contributed by atoms with van der Waals surface area (Å²) in [6.45, 7) is 11.7. The molecule has 0 unspecified atom stereocenters. The van der Waals surface area contributed by atoms with Gasteiger partial charge in [-0.25, -0.2) is 9.78 Å². The SMILES string of the molecule is CC(C)(C)OOC(C)(C)C.[K]. The molecule has 2 nitrogen and oxygen atoms in total. The van der Waals surface area contributed by atoms with E-state index in [9.17, 15) is 0 Å². The molecule has 0 aromatic carbocycles. The Labute approximate surface area is 112 Å². The fraction of sp³-hybridized carbons (Fsp3) is 1.00. The first kappa shape index (κ1) is 15.0. The van der Waals surface area contributed by atoms with Crippen LogP contribution in [0.2, 0.25) is 0 Å². The molecule has 0 spiro atoms. The van der Waals surface area contributed by atoms with Gasteiger partial charge in [-0.3, -0.25) is 0 Å². The zero-order valence-electron chi connectivity index (χ0n) is 8.82. The summed E-state index contributed by atoms with van der Waals surface area (Å²) >= 11 is 0. The minimum atomic E-state index is -0.215. The van der Waals surface area contributed by atoms with Crippen LogP contribution in [0.25, 0.3) is 0 Å². The van der Waals surface area contributed by atoms with Gasteiger partial charge in [-0.2, -0.15) is 0 Å². The van der Waals surface area contributed by atoms with Crippen molar-refractivity contribution in [3.8, 4) is 0 Å². The molecule has 0 atom stereocenters. The number of hydrogen-bond donors (Lipinski definition) is 0. The van der Waals surface area contributed by atoms with Crippen molar-refractivity contribution < 1.29 is 9.78 Å². The van der Waals surface area contributed by atoms with Gasteiger partial charge in [0.15, 0.2) is 0 Å². The maximum absolute atomic E-state index is 5.09. The summed E-state index contributed by atoms with van der Waals surface area (Å²) in [6, 6.07) is 0. The van der Waals surface area contributed by atoms with Crippen molar-refractivity contribution >= 4 is 51.4 Å². The maximum atomic E-state index is 5.09. The van der Waals surface area contributed by atoms with Gasteiger partial charge in [-0.15, -0.1) is 0 Å². The van der Waals surface area contributed by atoms with Gasteiger partial charge >= 0.3 is 0 Å². The summed E-state index contributed by atoms with van der Waals surface area (Å²) in [5.41, 5.74) is -0.430. The summed E-state index contributed by atoms with van der Waals surface area (Å²) < 4.78 is 0. The molecule has 0 bridgehead atoms. The van der Waals surface area contributed by atoms with E-state index in [0.29, 0.717) is 0 Å². The van der Waals surface area contributed by atoms with E-state index in [1.807, 2.05) is 41.5 Å². The van der Waals surface area contributed by atoms with Crippen LogP contribution >= 0.6 is 0 Å². The van der Waals surface area contributed by atoms with Gasteiger partial charge in [0.2, 0.25) is 0 Å². The normalized spacial score (nSPS) is 12.5. The summed E-state index contributed by atoms with van der Waals surface area (Å²) in [6.07, 6.45) is 0. The van der Waals surface area contributed by atoms with E-state index in [-0.39, 0.29) is 62.6 Å². The molecular weight excluding hydrogens is 167 g/mol. The average Bonchev–Trinajstić information content (AvgIpc) is 1.57. The monoisotopic (exact) mass is 185 g/mol. The molecule has 0 aliphatic carbocycles. The van der Waals surface area contributed by atoms with Crippen LogP contribution in [0.15, 0.2) is 0 Å². The van der Waals surface area contributed by atoms with Gasteiger partial charge in [-0.05, 0) is 41.5 Å². The zero-order chi connectivity index (χ0) is 8.41. The minimum absolute atomic E-state index is 0. The smallest absolute Gasteiger partial charge is 0.0952 e. The molecule has 0 saturated heterocycles. The third-order valence-electron chi connectivity index (χ3n) is 0.542. The molecule has 0 aromatic heterocycles. The van der Waals surface area contributed by atoms with Crippen LogP contribution in [0, 0.1) is 0 Å². The van der Waals surface area contributed by atoms with Gasteiger partial charge < -0.3 is 0 Å². The molecule has 3 heteroatoms. The molecule has 0 saturated carbocycles. The van der Waals surface area contributed by atoms with E-state index in [4.69, 9.17) is 9.78 Å². The number of hydrogen-bond acceptors (Lipinski definition) is 2. The molecule has 0 N–H and O–H groups in total. The Morgan fingerprint density at radius 1 is 0.636 bits per heavy atom. The molecule has 0 aliphatic rings. The molecule has 0 fully saturated rings. The Hall–Kier alpha value is 1.56. The van der Waals surface area contributed by atoms with Crippen LogP contribution in [-0.4, -0.2) is 62.6 Å². The maximum Gasteiger partial charge on any atom is 0.0952 e. The van der Waals surface area contributed by atoms with Crippen LogP contribution in [0.4, 0.5) is 0 Å². The van der Waals surface area contributed by atoms with Crippen LogP contribution in [0.1, 0.15) is 41.5 Å². The molecule has 11 heavy (non-hydrogen) atoms. The van der Waals surface area contributed by atoms with Crippen molar-refractivity contribution in [1.82, 2.24) is 0 Å². The topological polar surface area (TPSA) is 18.5 Å². The van der Waals surface area contributed by atoms with E-state index < -0.39 is 0 Å². The Balaban J connectivity index is 0. The van der Waals surface area contributed by atoms with Gasteiger partial charge in [0, 0.05) is 51.4 Å². The summed E-state index contributed by atoms with van der Waals surface area (Å²) in [5.74, 6) is 0. The van der Waals surface area contributed by atoms with E-state index in [0.717, 1.165) is 0 Å². The Bertz CT molecular complexity index is 85.6. The minimum Gasteiger partial charge on any atom is -0.230 e. The Morgan fingerprint density at radius 2 is 0.818 bits per heavy atom. The first-order chi connectivity index (χ1) is 4.21. The molecule has 0 amide bonds. The fourth-order valence-corrected chi connectivity index (χ4v) is 0.250. The molecule has 0 aromatic rings. The largest absolute Gasteiger partial charge is 0.230 e.